The molecule has 2 aromatic rings. The van der Waals surface area contributed by atoms with E-state index in [1.807, 2.05) is 0 Å². The third kappa shape index (κ3) is 5.00. The zero-order valence-electron chi connectivity index (χ0n) is 14.9. The van der Waals surface area contributed by atoms with Crippen molar-refractivity contribution in [3.05, 3.63) is 57.3 Å². The van der Waals surface area contributed by atoms with Crippen LogP contribution in [-0.4, -0.2) is 19.6 Å². The summed E-state index contributed by atoms with van der Waals surface area (Å²) in [5.74, 6) is -2.16. The molecule has 0 fully saturated rings. The lowest BCUT2D eigenvalue weighted by Crippen LogP contribution is -2.42. The van der Waals surface area contributed by atoms with E-state index in [0.29, 0.717) is 15.7 Å². The van der Waals surface area contributed by atoms with Gasteiger partial charge in [0.05, 0.1) is 10.7 Å². The Balaban J connectivity index is 2.35. The molecule has 0 spiro atoms. The quantitative estimate of drug-likeness (QED) is 0.578. The molecule has 0 aliphatic heterocycles. The van der Waals surface area contributed by atoms with Crippen molar-refractivity contribution in [2.24, 2.45) is 5.92 Å². The Morgan fingerprint density at radius 2 is 1.81 bits per heavy atom. The molecule has 0 aromatic heterocycles. The minimum absolute atomic E-state index is 0.197. The summed E-state index contributed by atoms with van der Waals surface area (Å²) in [6, 6.07) is 9.77. The number of hydrogen-bond acceptors (Lipinski definition) is 3. The zero-order chi connectivity index (χ0) is 20.4. The molecule has 27 heavy (non-hydrogen) atoms. The Hall–Kier alpha value is -1.64. The number of carbonyl (C=O) groups excluding carboxylic acids is 1. The van der Waals surface area contributed by atoms with Gasteiger partial charge in [-0.3, -0.25) is 9.52 Å². The van der Waals surface area contributed by atoms with Gasteiger partial charge in [0.25, 0.3) is 0 Å². The summed E-state index contributed by atoms with van der Waals surface area (Å²) < 4.78 is 42.7. The summed E-state index contributed by atoms with van der Waals surface area (Å²) in [5, 5.41) is 0.943. The molecule has 0 saturated heterocycles. The van der Waals surface area contributed by atoms with E-state index in [1.54, 1.807) is 51.1 Å². The van der Waals surface area contributed by atoms with Crippen LogP contribution in [-0.2, 0) is 14.8 Å². The van der Waals surface area contributed by atoms with Crippen LogP contribution in [0.5, 0.6) is 0 Å². The largest absolute Gasteiger partial charge is 0.325 e. The molecular weight excluding hydrogens is 459 g/mol. The number of rotatable bonds is 6. The fourth-order valence-electron chi connectivity index (χ4n) is 2.51. The van der Waals surface area contributed by atoms with E-state index in [0.717, 1.165) is 0 Å². The SMILES string of the molecule is Cc1c(Br)cc(NS(=O)(=O)[C@@H](C(=O)Nc2ccccc2)C(C)C)c(F)c1Cl. The van der Waals surface area contributed by atoms with Crippen LogP contribution < -0.4 is 10.0 Å². The molecule has 146 valence electrons. The van der Waals surface area contributed by atoms with Gasteiger partial charge >= 0.3 is 0 Å². The summed E-state index contributed by atoms with van der Waals surface area (Å²) in [7, 11) is -4.24. The van der Waals surface area contributed by atoms with Crippen LogP contribution in [0.15, 0.2) is 40.9 Å². The number of benzene rings is 2. The van der Waals surface area contributed by atoms with Crippen molar-refractivity contribution >= 4 is 54.8 Å². The van der Waals surface area contributed by atoms with Gasteiger partial charge in [0, 0.05) is 10.2 Å². The first kappa shape index (κ1) is 21.7. The Labute approximate surface area is 171 Å². The van der Waals surface area contributed by atoms with Gasteiger partial charge in [0.2, 0.25) is 15.9 Å². The normalized spacial score (nSPS) is 12.7. The molecule has 0 aliphatic rings. The highest BCUT2D eigenvalue weighted by Crippen LogP contribution is 2.33. The molecule has 0 unspecified atom stereocenters. The van der Waals surface area contributed by atoms with E-state index in [2.05, 4.69) is 26.0 Å². The minimum Gasteiger partial charge on any atom is -0.325 e. The molecule has 1 atom stereocenters. The number of amides is 1. The second-order valence-corrected chi connectivity index (χ2v) is 9.36. The predicted octanol–water partition coefficient (Wildman–Crippen LogP) is 4.96. The standard InChI is InChI=1S/C18H19BrClFN2O3S/c1-10(2)17(18(24)22-12-7-5-4-6-8-12)27(25,26)23-14-9-13(19)11(3)15(20)16(14)21/h4-10,17,23H,1-3H3,(H,22,24)/t17-/m1/s1. The number of hydrogen-bond donors (Lipinski definition) is 2. The van der Waals surface area contributed by atoms with E-state index >= 15 is 0 Å². The molecular formula is C18H19BrClFN2O3S. The smallest absolute Gasteiger partial charge is 0.245 e. The zero-order valence-corrected chi connectivity index (χ0v) is 18.0. The molecule has 1 amide bonds. The molecule has 0 saturated carbocycles. The summed E-state index contributed by atoms with van der Waals surface area (Å²) >= 11 is 9.12. The van der Waals surface area contributed by atoms with Crippen molar-refractivity contribution in [2.45, 2.75) is 26.0 Å². The maximum Gasteiger partial charge on any atom is 0.245 e. The molecule has 0 bridgehead atoms. The van der Waals surface area contributed by atoms with Gasteiger partial charge in [-0.1, -0.05) is 59.6 Å². The maximum atomic E-state index is 14.4. The van der Waals surface area contributed by atoms with Crippen LogP contribution in [0, 0.1) is 18.7 Å². The van der Waals surface area contributed by atoms with Crippen LogP contribution >= 0.6 is 27.5 Å². The highest BCUT2D eigenvalue weighted by molar-refractivity contribution is 9.10. The number of anilines is 2. The maximum absolute atomic E-state index is 14.4. The van der Waals surface area contributed by atoms with Crippen LogP contribution in [0.2, 0.25) is 5.02 Å². The fourth-order valence-corrected chi connectivity index (χ4v) is 4.90. The van der Waals surface area contributed by atoms with Crippen LogP contribution in [0.25, 0.3) is 0 Å². The molecule has 5 nitrogen and oxygen atoms in total. The van der Waals surface area contributed by atoms with Crippen molar-refractivity contribution in [1.29, 1.82) is 0 Å². The monoisotopic (exact) mass is 476 g/mol. The number of carbonyl (C=O) groups is 1. The van der Waals surface area contributed by atoms with Crippen molar-refractivity contribution in [1.82, 2.24) is 0 Å². The van der Waals surface area contributed by atoms with Gasteiger partial charge in [0.1, 0.15) is 0 Å². The molecule has 9 heteroatoms. The lowest BCUT2D eigenvalue weighted by atomic mass is 10.1. The lowest BCUT2D eigenvalue weighted by Gasteiger charge is -2.22. The lowest BCUT2D eigenvalue weighted by molar-refractivity contribution is -0.116. The van der Waals surface area contributed by atoms with Crippen molar-refractivity contribution in [2.75, 3.05) is 10.0 Å². The van der Waals surface area contributed by atoms with Crippen LogP contribution in [0.4, 0.5) is 15.8 Å². The second kappa shape index (κ2) is 8.58. The molecule has 2 N–H and O–H groups in total. The third-order valence-corrected chi connectivity index (χ3v) is 7.08. The summed E-state index contributed by atoms with van der Waals surface area (Å²) in [6.45, 7) is 4.80. The van der Waals surface area contributed by atoms with E-state index in [9.17, 15) is 17.6 Å². The third-order valence-electron chi connectivity index (χ3n) is 3.88. The first-order valence-electron chi connectivity index (χ1n) is 8.06. The Bertz CT molecular complexity index is 953. The number of halogens is 3. The van der Waals surface area contributed by atoms with E-state index in [-0.39, 0.29) is 10.7 Å². The van der Waals surface area contributed by atoms with Crippen molar-refractivity contribution in [3.8, 4) is 0 Å². The van der Waals surface area contributed by atoms with Crippen molar-refractivity contribution in [3.63, 3.8) is 0 Å². The average molecular weight is 478 g/mol. The average Bonchev–Trinajstić information content (AvgIpc) is 2.57. The number of nitrogens with one attached hydrogen (secondary N) is 2. The first-order valence-corrected chi connectivity index (χ1v) is 10.8. The van der Waals surface area contributed by atoms with Gasteiger partial charge in [-0.15, -0.1) is 0 Å². The summed E-state index contributed by atoms with van der Waals surface area (Å²) in [4.78, 5) is 12.6. The fraction of sp³-hybridized carbons (Fsp3) is 0.278. The highest BCUT2D eigenvalue weighted by Gasteiger charge is 2.36. The van der Waals surface area contributed by atoms with Gasteiger partial charge < -0.3 is 5.32 Å². The van der Waals surface area contributed by atoms with Crippen LogP contribution in [0.3, 0.4) is 0 Å². The van der Waals surface area contributed by atoms with Gasteiger partial charge in [-0.2, -0.15) is 0 Å². The Morgan fingerprint density at radius 3 is 2.37 bits per heavy atom. The van der Waals surface area contributed by atoms with Gasteiger partial charge in [-0.05, 0) is 36.6 Å². The second-order valence-electron chi connectivity index (χ2n) is 6.33. The van der Waals surface area contributed by atoms with E-state index in [1.165, 1.54) is 6.07 Å². The molecule has 0 aliphatic carbocycles. The highest BCUT2D eigenvalue weighted by atomic mass is 79.9. The Morgan fingerprint density at radius 1 is 1.22 bits per heavy atom. The molecule has 2 aromatic carbocycles. The predicted molar refractivity (Wildman–Crippen MR) is 110 cm³/mol. The van der Waals surface area contributed by atoms with Gasteiger partial charge in [-0.25, -0.2) is 12.8 Å². The van der Waals surface area contributed by atoms with Gasteiger partial charge in [0.15, 0.2) is 11.1 Å². The molecule has 0 heterocycles. The first-order chi connectivity index (χ1) is 12.5. The molecule has 2 rings (SSSR count). The minimum atomic E-state index is -4.24. The molecule has 0 radical (unpaired) electrons. The number of sulfonamides is 1. The van der Waals surface area contributed by atoms with Crippen LogP contribution in [0.1, 0.15) is 19.4 Å². The van der Waals surface area contributed by atoms with Crippen molar-refractivity contribution < 1.29 is 17.6 Å². The van der Waals surface area contributed by atoms with E-state index < -0.39 is 32.9 Å². The summed E-state index contributed by atoms with van der Waals surface area (Å²) in [5.41, 5.74) is 0.589. The Kier molecular flexibility index (Phi) is 6.88. The number of para-hydroxylation sites is 1. The summed E-state index contributed by atoms with van der Waals surface area (Å²) in [6.07, 6.45) is 0. The topological polar surface area (TPSA) is 75.3 Å². The van der Waals surface area contributed by atoms with E-state index in [4.69, 9.17) is 11.6 Å².